The summed E-state index contributed by atoms with van der Waals surface area (Å²) in [4.78, 5) is 14.4. The summed E-state index contributed by atoms with van der Waals surface area (Å²) in [5.41, 5.74) is 2.72. The molecule has 19 heavy (non-hydrogen) atoms. The van der Waals surface area contributed by atoms with Gasteiger partial charge in [-0.05, 0) is 31.4 Å². The molecule has 1 amide bonds. The van der Waals surface area contributed by atoms with E-state index in [1.165, 1.54) is 0 Å². The largest absolute Gasteiger partial charge is 0.346 e. The summed E-state index contributed by atoms with van der Waals surface area (Å²) in [6.07, 6.45) is 1.91. The van der Waals surface area contributed by atoms with Crippen molar-refractivity contribution in [1.82, 2.24) is 4.90 Å². The van der Waals surface area contributed by atoms with Crippen LogP contribution in [0.1, 0.15) is 40.6 Å². The van der Waals surface area contributed by atoms with Gasteiger partial charge in [-0.25, -0.2) is 0 Å². The molecule has 4 heteroatoms. The quantitative estimate of drug-likeness (QED) is 0.819. The first-order valence-electron chi connectivity index (χ1n) is 6.89. The van der Waals surface area contributed by atoms with Gasteiger partial charge in [0.1, 0.15) is 0 Å². The molecule has 0 atom stereocenters. The molecule has 0 radical (unpaired) electrons. The van der Waals surface area contributed by atoms with Gasteiger partial charge < -0.3 is 14.4 Å². The molecule has 2 saturated heterocycles. The second kappa shape index (κ2) is 5.31. The molecule has 0 aliphatic carbocycles. The van der Waals surface area contributed by atoms with E-state index in [0.29, 0.717) is 13.2 Å². The number of amides is 1. The van der Waals surface area contributed by atoms with Crippen molar-refractivity contribution >= 4 is 5.91 Å². The van der Waals surface area contributed by atoms with Gasteiger partial charge in [-0.2, -0.15) is 0 Å². The summed E-state index contributed by atoms with van der Waals surface area (Å²) in [5.74, 6) is 0.134. The number of rotatable bonds is 2. The standard InChI is InChI=1S/C15H19NO3/c1-11-4-5-12(15-18-8-9-19-15)10-13(11)14(17)16-6-2-3-7-16/h4-5,10,15H,2-3,6-9H2,1H3. The second-order valence-corrected chi connectivity index (χ2v) is 5.15. The van der Waals surface area contributed by atoms with Gasteiger partial charge in [-0.1, -0.05) is 12.1 Å². The molecule has 0 unspecified atom stereocenters. The molecule has 102 valence electrons. The van der Waals surface area contributed by atoms with Gasteiger partial charge in [0.2, 0.25) is 0 Å². The lowest BCUT2D eigenvalue weighted by molar-refractivity contribution is -0.0441. The molecule has 2 fully saturated rings. The smallest absolute Gasteiger partial charge is 0.254 e. The van der Waals surface area contributed by atoms with Gasteiger partial charge in [-0.15, -0.1) is 0 Å². The fourth-order valence-electron chi connectivity index (χ4n) is 2.66. The van der Waals surface area contributed by atoms with Gasteiger partial charge in [0.15, 0.2) is 6.29 Å². The predicted molar refractivity (Wildman–Crippen MR) is 71.0 cm³/mol. The van der Waals surface area contributed by atoms with Crippen LogP contribution in [0.3, 0.4) is 0 Å². The molecule has 0 saturated carbocycles. The molecule has 0 aromatic heterocycles. The highest BCUT2D eigenvalue weighted by Crippen LogP contribution is 2.26. The molecule has 4 nitrogen and oxygen atoms in total. The third kappa shape index (κ3) is 2.51. The highest BCUT2D eigenvalue weighted by molar-refractivity contribution is 5.96. The van der Waals surface area contributed by atoms with Gasteiger partial charge in [0.05, 0.1) is 13.2 Å². The Morgan fingerprint density at radius 2 is 1.89 bits per heavy atom. The van der Waals surface area contributed by atoms with Crippen LogP contribution in [0.2, 0.25) is 0 Å². The molecule has 2 aliphatic heterocycles. The van der Waals surface area contributed by atoms with E-state index in [4.69, 9.17) is 9.47 Å². The Morgan fingerprint density at radius 3 is 2.58 bits per heavy atom. The molecular formula is C15H19NO3. The first-order chi connectivity index (χ1) is 9.25. The average molecular weight is 261 g/mol. The molecule has 0 bridgehead atoms. The first kappa shape index (κ1) is 12.6. The molecule has 3 rings (SSSR count). The third-order valence-electron chi connectivity index (χ3n) is 3.78. The van der Waals surface area contributed by atoms with Crippen LogP contribution < -0.4 is 0 Å². The molecule has 2 aliphatic rings. The van der Waals surface area contributed by atoms with Crippen LogP contribution >= 0.6 is 0 Å². The maximum absolute atomic E-state index is 12.5. The molecule has 1 aromatic rings. The fraction of sp³-hybridized carbons (Fsp3) is 0.533. The Morgan fingerprint density at radius 1 is 1.21 bits per heavy atom. The Kier molecular flexibility index (Phi) is 3.53. The first-order valence-corrected chi connectivity index (χ1v) is 6.89. The lowest BCUT2D eigenvalue weighted by Crippen LogP contribution is -2.28. The van der Waals surface area contributed by atoms with E-state index in [0.717, 1.165) is 42.6 Å². The van der Waals surface area contributed by atoms with Crippen LogP contribution in [0.15, 0.2) is 18.2 Å². The van der Waals surface area contributed by atoms with Crippen molar-refractivity contribution in [2.45, 2.75) is 26.1 Å². The van der Waals surface area contributed by atoms with Crippen LogP contribution in [-0.2, 0) is 9.47 Å². The number of likely N-dealkylation sites (tertiary alicyclic amines) is 1. The maximum atomic E-state index is 12.5. The maximum Gasteiger partial charge on any atom is 0.254 e. The third-order valence-corrected chi connectivity index (χ3v) is 3.78. The van der Waals surface area contributed by atoms with Crippen LogP contribution in [0.25, 0.3) is 0 Å². The topological polar surface area (TPSA) is 38.8 Å². The van der Waals surface area contributed by atoms with Gasteiger partial charge in [0, 0.05) is 24.2 Å². The lowest BCUT2D eigenvalue weighted by Gasteiger charge is -2.18. The van der Waals surface area contributed by atoms with Gasteiger partial charge in [-0.3, -0.25) is 4.79 Å². The number of carbonyl (C=O) groups excluding carboxylic acids is 1. The Labute approximate surface area is 113 Å². The zero-order valence-corrected chi connectivity index (χ0v) is 11.2. The zero-order chi connectivity index (χ0) is 13.2. The SMILES string of the molecule is Cc1ccc(C2OCCO2)cc1C(=O)N1CCCC1. The van der Waals surface area contributed by atoms with E-state index in [-0.39, 0.29) is 12.2 Å². The number of hydrogen-bond donors (Lipinski definition) is 0. The van der Waals surface area contributed by atoms with Crippen molar-refractivity contribution in [2.75, 3.05) is 26.3 Å². The van der Waals surface area contributed by atoms with E-state index in [1.807, 2.05) is 30.0 Å². The minimum Gasteiger partial charge on any atom is -0.346 e. The summed E-state index contributed by atoms with van der Waals surface area (Å²) in [6.45, 7) is 4.96. The molecule has 0 spiro atoms. The minimum atomic E-state index is -0.314. The van der Waals surface area contributed by atoms with E-state index in [9.17, 15) is 4.79 Å². The van der Waals surface area contributed by atoms with E-state index in [2.05, 4.69) is 0 Å². The van der Waals surface area contributed by atoms with Crippen LogP contribution in [0.4, 0.5) is 0 Å². The zero-order valence-electron chi connectivity index (χ0n) is 11.2. The summed E-state index contributed by atoms with van der Waals surface area (Å²) in [6, 6.07) is 5.88. The van der Waals surface area contributed by atoms with Crippen LogP contribution in [-0.4, -0.2) is 37.1 Å². The molecule has 2 heterocycles. The number of nitrogens with zero attached hydrogens (tertiary/aromatic N) is 1. The van der Waals surface area contributed by atoms with Crippen LogP contribution in [0, 0.1) is 6.92 Å². The van der Waals surface area contributed by atoms with Gasteiger partial charge >= 0.3 is 0 Å². The normalized spacial score (nSPS) is 20.2. The highest BCUT2D eigenvalue weighted by Gasteiger charge is 2.24. The summed E-state index contributed by atoms with van der Waals surface area (Å²) < 4.78 is 11.0. The van der Waals surface area contributed by atoms with E-state index < -0.39 is 0 Å². The van der Waals surface area contributed by atoms with E-state index in [1.54, 1.807) is 0 Å². The summed E-state index contributed by atoms with van der Waals surface area (Å²) >= 11 is 0. The number of benzene rings is 1. The molecule has 0 N–H and O–H groups in total. The fourth-order valence-corrected chi connectivity index (χ4v) is 2.66. The molecular weight excluding hydrogens is 242 g/mol. The van der Waals surface area contributed by atoms with Crippen LogP contribution in [0.5, 0.6) is 0 Å². The second-order valence-electron chi connectivity index (χ2n) is 5.15. The summed E-state index contributed by atoms with van der Waals surface area (Å²) in [5, 5.41) is 0. The van der Waals surface area contributed by atoms with Gasteiger partial charge in [0.25, 0.3) is 5.91 Å². The summed E-state index contributed by atoms with van der Waals surface area (Å²) in [7, 11) is 0. The van der Waals surface area contributed by atoms with Crippen molar-refractivity contribution in [3.63, 3.8) is 0 Å². The Hall–Kier alpha value is -1.39. The molecule has 1 aromatic carbocycles. The average Bonchev–Trinajstić information content (AvgIpc) is 3.11. The predicted octanol–water partition coefficient (Wildman–Crippen LogP) is 2.28. The highest BCUT2D eigenvalue weighted by atomic mass is 16.7. The minimum absolute atomic E-state index is 0.134. The van der Waals surface area contributed by atoms with Crippen molar-refractivity contribution in [3.05, 3.63) is 34.9 Å². The van der Waals surface area contributed by atoms with Crippen molar-refractivity contribution < 1.29 is 14.3 Å². The number of hydrogen-bond acceptors (Lipinski definition) is 3. The monoisotopic (exact) mass is 261 g/mol. The lowest BCUT2D eigenvalue weighted by atomic mass is 10.0. The van der Waals surface area contributed by atoms with E-state index >= 15 is 0 Å². The van der Waals surface area contributed by atoms with Crippen molar-refractivity contribution in [1.29, 1.82) is 0 Å². The Balaban J connectivity index is 1.86. The number of aryl methyl sites for hydroxylation is 1. The Bertz CT molecular complexity index is 474. The number of carbonyl (C=O) groups is 1. The van der Waals surface area contributed by atoms with Crippen molar-refractivity contribution in [2.24, 2.45) is 0 Å². The van der Waals surface area contributed by atoms with Crippen molar-refractivity contribution in [3.8, 4) is 0 Å². The number of ether oxygens (including phenoxy) is 2.